The van der Waals surface area contributed by atoms with Gasteiger partial charge in [-0.2, -0.15) is 0 Å². The van der Waals surface area contributed by atoms with E-state index in [1.807, 2.05) is 11.8 Å². The van der Waals surface area contributed by atoms with Crippen LogP contribution in [0.2, 0.25) is 0 Å². The van der Waals surface area contributed by atoms with Gasteiger partial charge in [-0.15, -0.1) is 0 Å². The summed E-state index contributed by atoms with van der Waals surface area (Å²) in [6.45, 7) is 3.03. The molecule has 3 fully saturated rings. The Kier molecular flexibility index (Phi) is 5.69. The van der Waals surface area contributed by atoms with Gasteiger partial charge in [-0.05, 0) is 37.1 Å². The summed E-state index contributed by atoms with van der Waals surface area (Å²) in [6.07, 6.45) is 3.40. The fraction of sp³-hybridized carbons (Fsp3) is 0.591. The Labute approximate surface area is 176 Å². The van der Waals surface area contributed by atoms with Gasteiger partial charge in [-0.1, -0.05) is 6.92 Å². The fourth-order valence-electron chi connectivity index (χ4n) is 4.29. The second-order valence-electron chi connectivity index (χ2n) is 8.19. The molecule has 1 aromatic rings. The summed E-state index contributed by atoms with van der Waals surface area (Å²) >= 11 is 0. The lowest BCUT2D eigenvalue weighted by atomic mass is 9.96. The van der Waals surface area contributed by atoms with Crippen molar-refractivity contribution in [1.82, 2.24) is 15.1 Å². The number of likely N-dealkylation sites (tertiary alicyclic amines) is 1. The Morgan fingerprint density at radius 2 is 1.83 bits per heavy atom. The van der Waals surface area contributed by atoms with Gasteiger partial charge in [0, 0.05) is 44.0 Å². The quantitative estimate of drug-likeness (QED) is 0.788. The number of amides is 3. The Morgan fingerprint density at radius 1 is 1.17 bits per heavy atom. The largest absolute Gasteiger partial charge is 0.497 e. The molecule has 30 heavy (non-hydrogen) atoms. The summed E-state index contributed by atoms with van der Waals surface area (Å²) in [6, 6.07) is 6.42. The molecule has 162 valence electrons. The molecule has 1 N–H and O–H groups in total. The number of ether oxygens (including phenoxy) is 2. The molecule has 1 spiro atoms. The van der Waals surface area contributed by atoms with Crippen molar-refractivity contribution in [2.24, 2.45) is 0 Å². The van der Waals surface area contributed by atoms with E-state index >= 15 is 0 Å². The van der Waals surface area contributed by atoms with E-state index < -0.39 is 11.8 Å². The molecule has 2 heterocycles. The molecule has 2 aliphatic heterocycles. The molecule has 1 unspecified atom stereocenters. The molecular weight excluding hydrogens is 386 g/mol. The Bertz CT molecular complexity index is 813. The van der Waals surface area contributed by atoms with Gasteiger partial charge in [0.15, 0.2) is 0 Å². The lowest BCUT2D eigenvalue weighted by Gasteiger charge is -2.44. The van der Waals surface area contributed by atoms with E-state index in [-0.39, 0.29) is 30.4 Å². The first-order valence-corrected chi connectivity index (χ1v) is 10.7. The van der Waals surface area contributed by atoms with Crippen LogP contribution < -0.4 is 10.1 Å². The van der Waals surface area contributed by atoms with Crippen LogP contribution >= 0.6 is 0 Å². The standard InChI is InChI=1S/C22H29N3O5/c1-3-19(26)24-12-10-22(11-13-24)25(18(14-30-22)20(27)23-16-6-7-16)21(28)15-4-8-17(29-2)9-5-15/h4-5,8-9,16,18H,3,6-7,10-14H2,1-2H3,(H,23,27). The monoisotopic (exact) mass is 415 g/mol. The van der Waals surface area contributed by atoms with Crippen LogP contribution in [-0.2, 0) is 14.3 Å². The van der Waals surface area contributed by atoms with E-state index in [2.05, 4.69) is 5.32 Å². The molecule has 0 radical (unpaired) electrons. The molecule has 3 aliphatic rings. The maximum atomic E-state index is 13.6. The second-order valence-corrected chi connectivity index (χ2v) is 8.19. The summed E-state index contributed by atoms with van der Waals surface area (Å²) in [5.74, 6) is 0.358. The summed E-state index contributed by atoms with van der Waals surface area (Å²) in [5.41, 5.74) is -0.385. The van der Waals surface area contributed by atoms with Gasteiger partial charge in [0.25, 0.3) is 5.91 Å². The Hall–Kier alpha value is -2.61. The molecule has 1 aliphatic carbocycles. The fourth-order valence-corrected chi connectivity index (χ4v) is 4.29. The SMILES string of the molecule is CCC(=O)N1CCC2(CC1)OCC(C(=O)NC1CC1)N2C(=O)c1ccc(OC)cc1. The van der Waals surface area contributed by atoms with E-state index in [1.165, 1.54) is 0 Å². The van der Waals surface area contributed by atoms with Crippen molar-refractivity contribution in [2.45, 2.75) is 56.8 Å². The van der Waals surface area contributed by atoms with Crippen LogP contribution in [0.5, 0.6) is 5.75 Å². The Balaban J connectivity index is 1.59. The average Bonchev–Trinajstić information content (AvgIpc) is 3.52. The number of piperidine rings is 1. The number of benzene rings is 1. The maximum absolute atomic E-state index is 13.6. The summed E-state index contributed by atoms with van der Waals surface area (Å²) in [4.78, 5) is 42.0. The summed E-state index contributed by atoms with van der Waals surface area (Å²) in [7, 11) is 1.57. The molecule has 0 bridgehead atoms. The number of hydrogen-bond donors (Lipinski definition) is 1. The highest BCUT2D eigenvalue weighted by Crippen LogP contribution is 2.39. The third-order valence-corrected chi connectivity index (χ3v) is 6.24. The number of methoxy groups -OCH3 is 1. The van der Waals surface area contributed by atoms with Crippen molar-refractivity contribution in [1.29, 1.82) is 0 Å². The molecule has 1 atom stereocenters. The predicted molar refractivity (Wildman–Crippen MR) is 109 cm³/mol. The van der Waals surface area contributed by atoms with Gasteiger partial charge in [-0.3, -0.25) is 19.3 Å². The zero-order valence-electron chi connectivity index (χ0n) is 17.6. The van der Waals surface area contributed by atoms with Gasteiger partial charge in [-0.25, -0.2) is 0 Å². The third-order valence-electron chi connectivity index (χ3n) is 6.24. The van der Waals surface area contributed by atoms with E-state index in [0.29, 0.717) is 43.7 Å². The number of nitrogens with zero attached hydrogens (tertiary/aromatic N) is 2. The molecule has 2 saturated heterocycles. The number of hydrogen-bond acceptors (Lipinski definition) is 5. The van der Waals surface area contributed by atoms with E-state index in [0.717, 1.165) is 12.8 Å². The first-order chi connectivity index (χ1) is 14.5. The van der Waals surface area contributed by atoms with Crippen molar-refractivity contribution < 1.29 is 23.9 Å². The van der Waals surface area contributed by atoms with Gasteiger partial charge in [0.05, 0.1) is 13.7 Å². The van der Waals surface area contributed by atoms with Crippen LogP contribution in [0.4, 0.5) is 0 Å². The van der Waals surface area contributed by atoms with Crippen LogP contribution in [0, 0.1) is 0 Å². The zero-order valence-corrected chi connectivity index (χ0v) is 17.6. The lowest BCUT2D eigenvalue weighted by Crippen LogP contribution is -2.60. The molecule has 1 saturated carbocycles. The topological polar surface area (TPSA) is 88.2 Å². The first-order valence-electron chi connectivity index (χ1n) is 10.7. The normalized spacial score (nSPS) is 22.8. The number of rotatable bonds is 5. The van der Waals surface area contributed by atoms with Gasteiger partial charge >= 0.3 is 0 Å². The molecule has 1 aromatic carbocycles. The van der Waals surface area contributed by atoms with Crippen molar-refractivity contribution in [3.8, 4) is 5.75 Å². The third kappa shape index (κ3) is 3.88. The lowest BCUT2D eigenvalue weighted by molar-refractivity contribution is -0.143. The number of carbonyl (C=O) groups is 3. The van der Waals surface area contributed by atoms with Crippen molar-refractivity contribution >= 4 is 17.7 Å². The van der Waals surface area contributed by atoms with Crippen molar-refractivity contribution in [2.75, 3.05) is 26.8 Å². The average molecular weight is 415 g/mol. The minimum atomic E-state index is -0.868. The molecule has 4 rings (SSSR count). The van der Waals surface area contributed by atoms with Gasteiger partial charge in [0.1, 0.15) is 17.5 Å². The zero-order chi connectivity index (χ0) is 21.3. The Morgan fingerprint density at radius 3 is 2.40 bits per heavy atom. The predicted octanol–water partition coefficient (Wildman–Crippen LogP) is 1.54. The molecule has 8 nitrogen and oxygen atoms in total. The maximum Gasteiger partial charge on any atom is 0.256 e. The van der Waals surface area contributed by atoms with Crippen LogP contribution in [0.25, 0.3) is 0 Å². The van der Waals surface area contributed by atoms with Crippen LogP contribution in [0.1, 0.15) is 49.4 Å². The molecular formula is C22H29N3O5. The van der Waals surface area contributed by atoms with Gasteiger partial charge < -0.3 is 19.7 Å². The van der Waals surface area contributed by atoms with Crippen LogP contribution in [0.3, 0.4) is 0 Å². The van der Waals surface area contributed by atoms with Crippen LogP contribution in [0.15, 0.2) is 24.3 Å². The number of carbonyl (C=O) groups excluding carboxylic acids is 3. The highest BCUT2D eigenvalue weighted by atomic mass is 16.5. The minimum absolute atomic E-state index is 0.0962. The summed E-state index contributed by atoms with van der Waals surface area (Å²) < 4.78 is 11.3. The van der Waals surface area contributed by atoms with Crippen LogP contribution in [-0.4, -0.2) is 72.1 Å². The highest BCUT2D eigenvalue weighted by Gasteiger charge is 2.54. The van der Waals surface area contributed by atoms with E-state index in [9.17, 15) is 14.4 Å². The van der Waals surface area contributed by atoms with E-state index in [1.54, 1.807) is 36.3 Å². The molecule has 3 amide bonds. The molecule has 8 heteroatoms. The second kappa shape index (κ2) is 8.26. The summed E-state index contributed by atoms with van der Waals surface area (Å²) in [5, 5.41) is 3.01. The van der Waals surface area contributed by atoms with Crippen molar-refractivity contribution in [3.63, 3.8) is 0 Å². The van der Waals surface area contributed by atoms with Gasteiger partial charge in [0.2, 0.25) is 11.8 Å². The first kappa shape index (κ1) is 20.7. The van der Waals surface area contributed by atoms with Crippen molar-refractivity contribution in [3.05, 3.63) is 29.8 Å². The van der Waals surface area contributed by atoms with E-state index in [4.69, 9.17) is 9.47 Å². The smallest absolute Gasteiger partial charge is 0.256 e. The highest BCUT2D eigenvalue weighted by molar-refractivity contribution is 5.98. The number of nitrogens with one attached hydrogen (secondary N) is 1. The minimum Gasteiger partial charge on any atom is -0.497 e. The molecule has 0 aromatic heterocycles.